The van der Waals surface area contributed by atoms with E-state index in [0.717, 1.165) is 25.2 Å². The summed E-state index contributed by atoms with van der Waals surface area (Å²) in [4.78, 5) is 15.3. The fraction of sp³-hybridized carbons (Fsp3) is 0.538. The number of ether oxygens (including phenoxy) is 1. The number of aromatic nitrogens is 1. The van der Waals surface area contributed by atoms with Gasteiger partial charge in [-0.1, -0.05) is 0 Å². The van der Waals surface area contributed by atoms with Crippen molar-refractivity contribution in [1.82, 2.24) is 10.3 Å². The van der Waals surface area contributed by atoms with Crippen molar-refractivity contribution in [3.63, 3.8) is 0 Å². The maximum absolute atomic E-state index is 11.3. The summed E-state index contributed by atoms with van der Waals surface area (Å²) in [5.74, 6) is -0.406. The molecule has 0 bridgehead atoms. The highest BCUT2D eigenvalue weighted by atomic mass is 16.5. The molecule has 0 radical (unpaired) electrons. The van der Waals surface area contributed by atoms with Crippen molar-refractivity contribution in [3.05, 3.63) is 24.0 Å². The Hall–Kier alpha value is -1.62. The van der Waals surface area contributed by atoms with Gasteiger partial charge in [0, 0.05) is 24.5 Å². The Morgan fingerprint density at radius 2 is 2.56 bits per heavy atom. The minimum atomic E-state index is -0.406. The molecule has 2 rings (SSSR count). The van der Waals surface area contributed by atoms with Gasteiger partial charge in [-0.2, -0.15) is 0 Å². The molecule has 0 aromatic carbocycles. The van der Waals surface area contributed by atoms with Crippen LogP contribution in [-0.4, -0.2) is 37.2 Å². The van der Waals surface area contributed by atoms with Crippen molar-refractivity contribution < 1.29 is 9.53 Å². The van der Waals surface area contributed by atoms with Gasteiger partial charge in [0.25, 0.3) is 0 Å². The smallest absolute Gasteiger partial charge is 0.356 e. The van der Waals surface area contributed by atoms with Crippen LogP contribution in [0.5, 0.6) is 0 Å². The largest absolute Gasteiger partial charge is 0.464 e. The van der Waals surface area contributed by atoms with E-state index in [1.54, 1.807) is 12.3 Å². The van der Waals surface area contributed by atoms with Gasteiger partial charge in [-0.25, -0.2) is 9.78 Å². The van der Waals surface area contributed by atoms with Crippen LogP contribution in [0.3, 0.4) is 0 Å². The Labute approximate surface area is 107 Å². The van der Waals surface area contributed by atoms with Gasteiger partial charge >= 0.3 is 5.97 Å². The standard InChI is InChI=1S/C13H19N3O2/c1-18-13(17)12-9-11(5-8-16-12)15-7-4-10-3-2-6-14-10/h5,8-10,14H,2-4,6-7H2,1H3,(H,15,16). The van der Waals surface area contributed by atoms with Gasteiger partial charge in [0.1, 0.15) is 5.69 Å². The van der Waals surface area contributed by atoms with E-state index in [1.165, 1.54) is 20.0 Å². The Morgan fingerprint density at radius 1 is 1.67 bits per heavy atom. The van der Waals surface area contributed by atoms with Crippen molar-refractivity contribution in [2.45, 2.75) is 25.3 Å². The minimum absolute atomic E-state index is 0.335. The predicted octanol–water partition coefficient (Wildman–Crippen LogP) is 1.42. The first kappa shape index (κ1) is 12.8. The number of hydrogen-bond acceptors (Lipinski definition) is 5. The number of methoxy groups -OCH3 is 1. The molecule has 1 aromatic rings. The second kappa shape index (κ2) is 6.35. The third-order valence-corrected chi connectivity index (χ3v) is 3.14. The fourth-order valence-electron chi connectivity index (χ4n) is 2.15. The van der Waals surface area contributed by atoms with E-state index in [-0.39, 0.29) is 0 Å². The highest BCUT2D eigenvalue weighted by Gasteiger charge is 2.13. The van der Waals surface area contributed by atoms with Gasteiger partial charge in [0.2, 0.25) is 0 Å². The number of anilines is 1. The van der Waals surface area contributed by atoms with Crippen LogP contribution in [0.2, 0.25) is 0 Å². The highest BCUT2D eigenvalue weighted by molar-refractivity contribution is 5.88. The molecule has 5 nitrogen and oxygen atoms in total. The van der Waals surface area contributed by atoms with Crippen molar-refractivity contribution in [1.29, 1.82) is 0 Å². The minimum Gasteiger partial charge on any atom is -0.464 e. The van der Waals surface area contributed by atoms with E-state index in [1.807, 2.05) is 6.07 Å². The predicted molar refractivity (Wildman–Crippen MR) is 69.7 cm³/mol. The van der Waals surface area contributed by atoms with Crippen molar-refractivity contribution in [2.75, 3.05) is 25.5 Å². The Morgan fingerprint density at radius 3 is 3.28 bits per heavy atom. The topological polar surface area (TPSA) is 63.2 Å². The SMILES string of the molecule is COC(=O)c1cc(NCCC2CCCN2)ccn1. The Bertz CT molecular complexity index is 403. The molecule has 1 aliphatic heterocycles. The molecule has 18 heavy (non-hydrogen) atoms. The zero-order valence-corrected chi connectivity index (χ0v) is 10.6. The molecule has 1 aromatic heterocycles. The third-order valence-electron chi connectivity index (χ3n) is 3.14. The first-order valence-electron chi connectivity index (χ1n) is 6.31. The first-order valence-corrected chi connectivity index (χ1v) is 6.31. The molecule has 0 spiro atoms. The molecule has 1 atom stereocenters. The number of hydrogen-bond donors (Lipinski definition) is 2. The molecule has 1 fully saturated rings. The zero-order valence-electron chi connectivity index (χ0n) is 10.6. The lowest BCUT2D eigenvalue weighted by atomic mass is 10.1. The molecular formula is C13H19N3O2. The van der Waals surface area contributed by atoms with Gasteiger partial charge in [0.05, 0.1) is 7.11 Å². The summed E-state index contributed by atoms with van der Waals surface area (Å²) in [5, 5.41) is 6.76. The van der Waals surface area contributed by atoms with Crippen LogP contribution in [0.25, 0.3) is 0 Å². The van der Waals surface area contributed by atoms with Crippen LogP contribution in [0.15, 0.2) is 18.3 Å². The summed E-state index contributed by atoms with van der Waals surface area (Å²) in [6, 6.07) is 4.20. The summed E-state index contributed by atoms with van der Waals surface area (Å²) in [7, 11) is 1.36. The Balaban J connectivity index is 1.83. The molecular weight excluding hydrogens is 230 g/mol. The summed E-state index contributed by atoms with van der Waals surface area (Å²) in [6.45, 7) is 2.02. The second-order valence-corrected chi connectivity index (χ2v) is 4.43. The van der Waals surface area contributed by atoms with Crippen molar-refractivity contribution >= 4 is 11.7 Å². The molecule has 0 aliphatic carbocycles. The van der Waals surface area contributed by atoms with E-state index in [0.29, 0.717) is 11.7 Å². The van der Waals surface area contributed by atoms with Gasteiger partial charge in [0.15, 0.2) is 0 Å². The monoisotopic (exact) mass is 249 g/mol. The molecule has 1 unspecified atom stereocenters. The average Bonchev–Trinajstić information content (AvgIpc) is 2.91. The summed E-state index contributed by atoms with van der Waals surface area (Å²) >= 11 is 0. The van der Waals surface area contributed by atoms with Gasteiger partial charge < -0.3 is 15.4 Å². The molecule has 98 valence electrons. The van der Waals surface area contributed by atoms with Crippen LogP contribution >= 0.6 is 0 Å². The van der Waals surface area contributed by atoms with Crippen LogP contribution in [0.4, 0.5) is 5.69 Å². The van der Waals surface area contributed by atoms with Gasteiger partial charge in [-0.15, -0.1) is 0 Å². The number of nitrogens with zero attached hydrogens (tertiary/aromatic N) is 1. The van der Waals surface area contributed by atoms with E-state index in [2.05, 4.69) is 20.4 Å². The van der Waals surface area contributed by atoms with E-state index in [4.69, 9.17) is 0 Å². The summed E-state index contributed by atoms with van der Waals surface area (Å²) < 4.78 is 4.64. The number of carbonyl (C=O) groups excluding carboxylic acids is 1. The second-order valence-electron chi connectivity index (χ2n) is 4.43. The summed E-state index contributed by atoms with van der Waals surface area (Å²) in [5.41, 5.74) is 1.24. The highest BCUT2D eigenvalue weighted by Crippen LogP contribution is 2.11. The zero-order chi connectivity index (χ0) is 12.8. The lowest BCUT2D eigenvalue weighted by Gasteiger charge is -2.11. The maximum Gasteiger partial charge on any atom is 0.356 e. The Kier molecular flexibility index (Phi) is 4.52. The third kappa shape index (κ3) is 3.43. The molecule has 0 saturated carbocycles. The molecule has 2 N–H and O–H groups in total. The molecule has 5 heteroatoms. The van der Waals surface area contributed by atoms with E-state index >= 15 is 0 Å². The number of carbonyl (C=O) groups is 1. The van der Waals surface area contributed by atoms with Crippen molar-refractivity contribution in [3.8, 4) is 0 Å². The first-order chi connectivity index (χ1) is 8.79. The van der Waals surface area contributed by atoms with Crippen LogP contribution in [-0.2, 0) is 4.74 Å². The molecule has 1 saturated heterocycles. The number of esters is 1. The van der Waals surface area contributed by atoms with Gasteiger partial charge in [-0.3, -0.25) is 0 Å². The maximum atomic E-state index is 11.3. The van der Waals surface area contributed by atoms with Crippen molar-refractivity contribution in [2.24, 2.45) is 0 Å². The van der Waals surface area contributed by atoms with Crippen LogP contribution < -0.4 is 10.6 Å². The number of pyridine rings is 1. The molecule has 2 heterocycles. The average molecular weight is 249 g/mol. The van der Waals surface area contributed by atoms with E-state index in [9.17, 15) is 4.79 Å². The normalized spacial score (nSPS) is 18.6. The molecule has 0 amide bonds. The summed E-state index contributed by atoms with van der Waals surface area (Å²) in [6.07, 6.45) is 5.23. The number of rotatable bonds is 5. The van der Waals surface area contributed by atoms with E-state index < -0.39 is 5.97 Å². The van der Waals surface area contributed by atoms with Crippen LogP contribution in [0.1, 0.15) is 29.8 Å². The number of nitrogens with one attached hydrogen (secondary N) is 2. The lowest BCUT2D eigenvalue weighted by Crippen LogP contribution is -2.24. The van der Waals surface area contributed by atoms with Crippen LogP contribution in [0, 0.1) is 0 Å². The quantitative estimate of drug-likeness (QED) is 0.773. The van der Waals surface area contributed by atoms with Gasteiger partial charge in [-0.05, 0) is 37.9 Å². The lowest BCUT2D eigenvalue weighted by molar-refractivity contribution is 0.0594. The molecule has 1 aliphatic rings. The fourth-order valence-corrected chi connectivity index (χ4v) is 2.15.